The highest BCUT2D eigenvalue weighted by Gasteiger charge is 2.31. The molecule has 2 atom stereocenters. The number of amides is 2. The van der Waals surface area contributed by atoms with E-state index in [0.29, 0.717) is 12.8 Å². The van der Waals surface area contributed by atoms with Gasteiger partial charge in [-0.3, -0.25) is 13.9 Å². The number of hydrogen-bond donors (Lipinski definition) is 1. The largest absolute Gasteiger partial charge is 0.352 e. The first-order valence-corrected chi connectivity index (χ1v) is 13.3. The Hall–Kier alpha value is -2.94. The van der Waals surface area contributed by atoms with Crippen LogP contribution in [0.2, 0.25) is 0 Å². The van der Waals surface area contributed by atoms with Gasteiger partial charge in [0, 0.05) is 12.6 Å². The Morgan fingerprint density at radius 3 is 2.26 bits per heavy atom. The first kappa shape index (κ1) is 27.3. The van der Waals surface area contributed by atoms with Crippen LogP contribution >= 0.6 is 0 Å². The molecule has 0 saturated carbocycles. The molecule has 0 spiro atoms. The third-order valence-electron chi connectivity index (χ3n) is 5.65. The average molecular weight is 492 g/mol. The van der Waals surface area contributed by atoms with Gasteiger partial charge in [0.05, 0.1) is 11.9 Å². The smallest absolute Gasteiger partial charge is 0.244 e. The minimum absolute atomic E-state index is 0.0518. The summed E-state index contributed by atoms with van der Waals surface area (Å²) in [6, 6.07) is 13.8. The van der Waals surface area contributed by atoms with Gasteiger partial charge < -0.3 is 10.2 Å². The molecule has 0 aliphatic heterocycles. The van der Waals surface area contributed by atoms with Crippen LogP contribution < -0.4 is 9.62 Å². The topological polar surface area (TPSA) is 86.8 Å². The van der Waals surface area contributed by atoms with E-state index in [1.54, 1.807) is 0 Å². The van der Waals surface area contributed by atoms with Crippen molar-refractivity contribution < 1.29 is 22.4 Å². The molecule has 0 fully saturated rings. The third kappa shape index (κ3) is 7.83. The molecule has 0 saturated heterocycles. The Balaban J connectivity index is 2.36. The van der Waals surface area contributed by atoms with Crippen LogP contribution in [0.5, 0.6) is 0 Å². The Bertz CT molecular complexity index is 1060. The van der Waals surface area contributed by atoms with E-state index in [9.17, 15) is 22.4 Å². The number of anilines is 1. The summed E-state index contributed by atoms with van der Waals surface area (Å²) in [5, 5.41) is 2.92. The van der Waals surface area contributed by atoms with Crippen molar-refractivity contribution in [1.29, 1.82) is 0 Å². The van der Waals surface area contributed by atoms with E-state index in [-0.39, 0.29) is 24.2 Å². The monoisotopic (exact) mass is 491 g/mol. The molecule has 1 N–H and O–H groups in total. The van der Waals surface area contributed by atoms with E-state index >= 15 is 0 Å². The molecule has 0 aromatic heterocycles. The summed E-state index contributed by atoms with van der Waals surface area (Å²) in [6.45, 7) is 5.34. The summed E-state index contributed by atoms with van der Waals surface area (Å²) in [4.78, 5) is 27.9. The lowest BCUT2D eigenvalue weighted by Gasteiger charge is -2.33. The predicted molar refractivity (Wildman–Crippen MR) is 132 cm³/mol. The van der Waals surface area contributed by atoms with Crippen LogP contribution in [0.3, 0.4) is 0 Å². The van der Waals surface area contributed by atoms with Crippen molar-refractivity contribution in [3.63, 3.8) is 0 Å². The number of nitrogens with one attached hydrogen (secondary N) is 1. The fourth-order valence-electron chi connectivity index (χ4n) is 3.58. The fourth-order valence-corrected chi connectivity index (χ4v) is 4.42. The van der Waals surface area contributed by atoms with E-state index in [1.807, 2.05) is 51.1 Å². The van der Waals surface area contributed by atoms with Crippen molar-refractivity contribution in [1.82, 2.24) is 10.2 Å². The fraction of sp³-hybridized carbons (Fsp3) is 0.440. The van der Waals surface area contributed by atoms with Gasteiger partial charge in [-0.15, -0.1) is 0 Å². The van der Waals surface area contributed by atoms with Crippen molar-refractivity contribution in [2.45, 2.75) is 52.1 Å². The third-order valence-corrected chi connectivity index (χ3v) is 6.79. The number of sulfonamides is 1. The van der Waals surface area contributed by atoms with Gasteiger partial charge in [0.2, 0.25) is 21.8 Å². The van der Waals surface area contributed by atoms with Gasteiger partial charge in [0.15, 0.2) is 0 Å². The Morgan fingerprint density at radius 2 is 1.71 bits per heavy atom. The zero-order valence-electron chi connectivity index (χ0n) is 20.2. The maximum absolute atomic E-state index is 13.8. The SMILES string of the molecule is CCC(C)NC(=O)C(CC)N(CCc1ccccc1)C(=O)CN(c1cccc(F)c1)S(C)(=O)=O. The minimum atomic E-state index is -3.89. The van der Waals surface area contributed by atoms with Gasteiger partial charge in [-0.1, -0.05) is 50.2 Å². The second-order valence-electron chi connectivity index (χ2n) is 8.31. The molecule has 34 heavy (non-hydrogen) atoms. The molecule has 2 aromatic carbocycles. The molecule has 0 aliphatic carbocycles. The van der Waals surface area contributed by atoms with Crippen LogP contribution in [-0.4, -0.2) is 56.6 Å². The molecule has 9 heteroatoms. The molecule has 0 radical (unpaired) electrons. The molecule has 2 aromatic rings. The van der Waals surface area contributed by atoms with Crippen LogP contribution in [0, 0.1) is 5.82 Å². The number of benzene rings is 2. The van der Waals surface area contributed by atoms with Crippen LogP contribution in [0.25, 0.3) is 0 Å². The van der Waals surface area contributed by atoms with E-state index in [2.05, 4.69) is 5.32 Å². The summed E-state index contributed by atoms with van der Waals surface area (Å²) in [7, 11) is -3.89. The highest BCUT2D eigenvalue weighted by Crippen LogP contribution is 2.20. The van der Waals surface area contributed by atoms with Crippen LogP contribution in [0.15, 0.2) is 54.6 Å². The Kier molecular flexibility index (Phi) is 10.0. The van der Waals surface area contributed by atoms with Gasteiger partial charge in [-0.25, -0.2) is 12.8 Å². The first-order chi connectivity index (χ1) is 16.1. The molecule has 2 rings (SSSR count). The van der Waals surface area contributed by atoms with E-state index in [1.165, 1.54) is 23.1 Å². The summed E-state index contributed by atoms with van der Waals surface area (Å²) < 4.78 is 39.6. The quantitative estimate of drug-likeness (QED) is 0.493. The van der Waals surface area contributed by atoms with Crippen molar-refractivity contribution >= 4 is 27.5 Å². The summed E-state index contributed by atoms with van der Waals surface area (Å²) in [6.07, 6.45) is 2.56. The first-order valence-electron chi connectivity index (χ1n) is 11.4. The number of halogens is 1. The lowest BCUT2D eigenvalue weighted by Crippen LogP contribution is -2.54. The maximum Gasteiger partial charge on any atom is 0.244 e. The molecule has 2 unspecified atom stereocenters. The molecule has 0 heterocycles. The Morgan fingerprint density at radius 1 is 1.03 bits per heavy atom. The van der Waals surface area contributed by atoms with Crippen molar-refractivity contribution in [2.24, 2.45) is 0 Å². The molecular weight excluding hydrogens is 457 g/mol. The second kappa shape index (κ2) is 12.5. The Labute approximate surface area is 202 Å². The number of hydrogen-bond acceptors (Lipinski definition) is 4. The van der Waals surface area contributed by atoms with E-state index in [0.717, 1.165) is 28.6 Å². The summed E-state index contributed by atoms with van der Waals surface area (Å²) >= 11 is 0. The van der Waals surface area contributed by atoms with Gasteiger partial charge in [0.25, 0.3) is 0 Å². The zero-order chi connectivity index (χ0) is 25.3. The minimum Gasteiger partial charge on any atom is -0.352 e. The lowest BCUT2D eigenvalue weighted by atomic mass is 10.1. The van der Waals surface area contributed by atoms with Gasteiger partial charge >= 0.3 is 0 Å². The number of carbonyl (C=O) groups is 2. The number of rotatable bonds is 12. The maximum atomic E-state index is 13.8. The average Bonchev–Trinajstić information content (AvgIpc) is 2.79. The molecule has 2 amide bonds. The molecular formula is C25H34FN3O4S. The van der Waals surface area contributed by atoms with Gasteiger partial charge in [-0.2, -0.15) is 0 Å². The van der Waals surface area contributed by atoms with Crippen LogP contribution in [-0.2, 0) is 26.0 Å². The predicted octanol–water partition coefficient (Wildman–Crippen LogP) is 3.36. The van der Waals surface area contributed by atoms with Crippen molar-refractivity contribution in [3.05, 3.63) is 66.0 Å². The summed E-state index contributed by atoms with van der Waals surface area (Å²) in [5.41, 5.74) is 1.04. The molecule has 0 aliphatic rings. The van der Waals surface area contributed by atoms with E-state index < -0.39 is 34.3 Å². The highest BCUT2D eigenvalue weighted by molar-refractivity contribution is 7.92. The molecule has 0 bridgehead atoms. The van der Waals surface area contributed by atoms with Crippen LogP contribution in [0.1, 0.15) is 39.2 Å². The normalized spacial score (nSPS) is 13.1. The highest BCUT2D eigenvalue weighted by atomic mass is 32.2. The molecule has 186 valence electrons. The lowest BCUT2D eigenvalue weighted by molar-refractivity contribution is -0.139. The van der Waals surface area contributed by atoms with Crippen LogP contribution in [0.4, 0.5) is 10.1 Å². The number of carbonyl (C=O) groups excluding carboxylic acids is 2. The van der Waals surface area contributed by atoms with Crippen molar-refractivity contribution in [3.8, 4) is 0 Å². The molecule has 7 nitrogen and oxygen atoms in total. The second-order valence-corrected chi connectivity index (χ2v) is 10.2. The van der Waals surface area contributed by atoms with Gasteiger partial charge in [-0.05, 0) is 49.9 Å². The van der Waals surface area contributed by atoms with Gasteiger partial charge in [0.1, 0.15) is 18.4 Å². The number of nitrogens with zero attached hydrogens (tertiary/aromatic N) is 2. The van der Waals surface area contributed by atoms with E-state index in [4.69, 9.17) is 0 Å². The zero-order valence-corrected chi connectivity index (χ0v) is 21.0. The standard InChI is InChI=1S/C25H34FN3O4S/c1-5-19(3)27-25(31)23(6-2)28(16-15-20-11-8-7-9-12-20)24(30)18-29(34(4,32)33)22-14-10-13-21(26)17-22/h7-14,17,19,23H,5-6,15-16,18H2,1-4H3,(H,27,31). The van der Waals surface area contributed by atoms with Crippen molar-refractivity contribution in [2.75, 3.05) is 23.7 Å². The summed E-state index contributed by atoms with van der Waals surface area (Å²) in [5.74, 6) is -1.43.